The SMILES string of the molecule is CCS(=O)(=O)c1ccc(CC(=O)N2CCSCC2CC(=O)O)cc1. The summed E-state index contributed by atoms with van der Waals surface area (Å²) in [7, 11) is -3.25. The fourth-order valence-corrected chi connectivity index (χ4v) is 4.56. The lowest BCUT2D eigenvalue weighted by Gasteiger charge is -2.34. The van der Waals surface area contributed by atoms with Crippen LogP contribution in [0, 0.1) is 0 Å². The number of sulfone groups is 1. The number of carboxylic acid groups (broad SMARTS) is 1. The molecule has 1 heterocycles. The van der Waals surface area contributed by atoms with Crippen molar-refractivity contribution < 1.29 is 23.1 Å². The van der Waals surface area contributed by atoms with Crippen LogP contribution in [-0.4, -0.2) is 60.1 Å². The average Bonchev–Trinajstić information content (AvgIpc) is 2.55. The van der Waals surface area contributed by atoms with Gasteiger partial charge in [-0.05, 0) is 17.7 Å². The minimum Gasteiger partial charge on any atom is -0.481 e. The molecule has 1 aromatic rings. The van der Waals surface area contributed by atoms with Crippen LogP contribution in [0.4, 0.5) is 0 Å². The molecule has 0 aromatic heterocycles. The predicted octanol–water partition coefficient (Wildman–Crippen LogP) is 1.44. The normalized spacial score (nSPS) is 18.4. The maximum absolute atomic E-state index is 12.5. The zero-order chi connectivity index (χ0) is 17.7. The molecule has 8 heteroatoms. The summed E-state index contributed by atoms with van der Waals surface area (Å²) in [4.78, 5) is 25.3. The Morgan fingerprint density at radius 2 is 1.96 bits per heavy atom. The number of amides is 1. The van der Waals surface area contributed by atoms with E-state index in [1.54, 1.807) is 35.7 Å². The molecule has 1 aliphatic heterocycles. The Hall–Kier alpha value is -1.54. The van der Waals surface area contributed by atoms with Gasteiger partial charge in [0.2, 0.25) is 5.91 Å². The summed E-state index contributed by atoms with van der Waals surface area (Å²) in [6, 6.07) is 6.04. The molecule has 0 spiro atoms. The molecule has 1 aliphatic rings. The van der Waals surface area contributed by atoms with E-state index in [0.29, 0.717) is 12.3 Å². The minimum absolute atomic E-state index is 0.0353. The topological polar surface area (TPSA) is 91.8 Å². The van der Waals surface area contributed by atoms with Crippen LogP contribution in [0.5, 0.6) is 0 Å². The highest BCUT2D eigenvalue weighted by atomic mass is 32.2. The number of thioether (sulfide) groups is 1. The molecule has 0 radical (unpaired) electrons. The van der Waals surface area contributed by atoms with E-state index in [9.17, 15) is 18.0 Å². The van der Waals surface area contributed by atoms with Crippen LogP contribution in [0.15, 0.2) is 29.2 Å². The van der Waals surface area contributed by atoms with Gasteiger partial charge in [-0.3, -0.25) is 9.59 Å². The molecule has 24 heavy (non-hydrogen) atoms. The predicted molar refractivity (Wildman–Crippen MR) is 93.0 cm³/mol. The van der Waals surface area contributed by atoms with Crippen LogP contribution in [0.3, 0.4) is 0 Å². The Morgan fingerprint density at radius 1 is 1.29 bits per heavy atom. The summed E-state index contributed by atoms with van der Waals surface area (Å²) in [6.45, 7) is 2.13. The van der Waals surface area contributed by atoms with Crippen LogP contribution in [0.1, 0.15) is 18.9 Å². The fourth-order valence-electron chi connectivity index (χ4n) is 2.61. The summed E-state index contributed by atoms with van der Waals surface area (Å²) in [5, 5.41) is 8.98. The Bertz CT molecular complexity index is 700. The second kappa shape index (κ2) is 8.02. The Labute approximate surface area is 146 Å². The van der Waals surface area contributed by atoms with Gasteiger partial charge in [-0.1, -0.05) is 19.1 Å². The average molecular weight is 371 g/mol. The Morgan fingerprint density at radius 3 is 2.54 bits per heavy atom. The highest BCUT2D eigenvalue weighted by Crippen LogP contribution is 2.21. The molecule has 132 valence electrons. The first-order chi connectivity index (χ1) is 11.3. The van der Waals surface area contributed by atoms with Crippen molar-refractivity contribution in [3.63, 3.8) is 0 Å². The number of hydrogen-bond donors (Lipinski definition) is 1. The highest BCUT2D eigenvalue weighted by molar-refractivity contribution is 7.99. The van der Waals surface area contributed by atoms with Gasteiger partial charge in [-0.25, -0.2) is 8.42 Å². The lowest BCUT2D eigenvalue weighted by molar-refractivity contribution is -0.140. The number of benzene rings is 1. The van der Waals surface area contributed by atoms with Crippen molar-refractivity contribution in [2.75, 3.05) is 23.8 Å². The van der Waals surface area contributed by atoms with E-state index in [1.165, 1.54) is 12.1 Å². The first-order valence-electron chi connectivity index (χ1n) is 7.74. The molecule has 1 N–H and O–H groups in total. The Kier molecular flexibility index (Phi) is 6.28. The number of carbonyl (C=O) groups excluding carboxylic acids is 1. The third-order valence-corrected chi connectivity index (χ3v) is 6.82. The molecular formula is C16H21NO5S2. The van der Waals surface area contributed by atoms with Crippen molar-refractivity contribution in [2.45, 2.75) is 30.7 Å². The lowest BCUT2D eigenvalue weighted by Crippen LogP contribution is -2.47. The fraction of sp³-hybridized carbons (Fsp3) is 0.500. The van der Waals surface area contributed by atoms with Gasteiger partial charge in [-0.2, -0.15) is 11.8 Å². The van der Waals surface area contributed by atoms with Gasteiger partial charge < -0.3 is 10.0 Å². The van der Waals surface area contributed by atoms with Crippen molar-refractivity contribution >= 4 is 33.5 Å². The monoisotopic (exact) mass is 371 g/mol. The van der Waals surface area contributed by atoms with Crippen molar-refractivity contribution in [3.8, 4) is 0 Å². The van der Waals surface area contributed by atoms with Crippen LogP contribution >= 0.6 is 11.8 Å². The molecule has 1 unspecified atom stereocenters. The van der Waals surface area contributed by atoms with Gasteiger partial charge in [0.05, 0.1) is 29.5 Å². The van der Waals surface area contributed by atoms with E-state index >= 15 is 0 Å². The molecule has 1 aromatic carbocycles. The second-order valence-electron chi connectivity index (χ2n) is 5.64. The summed E-state index contributed by atoms with van der Waals surface area (Å²) >= 11 is 1.66. The van der Waals surface area contributed by atoms with Gasteiger partial charge in [0, 0.05) is 18.1 Å². The van der Waals surface area contributed by atoms with E-state index < -0.39 is 15.8 Å². The summed E-state index contributed by atoms with van der Waals surface area (Å²) in [5.41, 5.74) is 0.724. The molecule has 0 bridgehead atoms. The molecule has 1 saturated heterocycles. The summed E-state index contributed by atoms with van der Waals surface area (Å²) in [5.74, 6) is 0.441. The number of carboxylic acids is 1. The van der Waals surface area contributed by atoms with E-state index in [0.717, 1.165) is 11.3 Å². The summed E-state index contributed by atoms with van der Waals surface area (Å²) < 4.78 is 23.6. The number of hydrogen-bond acceptors (Lipinski definition) is 5. The second-order valence-corrected chi connectivity index (χ2v) is 9.07. The molecule has 6 nitrogen and oxygen atoms in total. The van der Waals surface area contributed by atoms with Gasteiger partial charge >= 0.3 is 5.97 Å². The molecule has 1 fully saturated rings. The first-order valence-corrected chi connectivity index (χ1v) is 10.5. The largest absolute Gasteiger partial charge is 0.481 e. The van der Waals surface area contributed by atoms with Gasteiger partial charge in [0.25, 0.3) is 0 Å². The lowest BCUT2D eigenvalue weighted by atomic mass is 10.1. The summed E-state index contributed by atoms with van der Waals surface area (Å²) in [6.07, 6.45) is 0.0969. The molecular weight excluding hydrogens is 350 g/mol. The number of rotatable bonds is 6. The number of nitrogens with zero attached hydrogens (tertiary/aromatic N) is 1. The number of carbonyl (C=O) groups is 2. The van der Waals surface area contributed by atoms with Crippen molar-refractivity contribution in [2.24, 2.45) is 0 Å². The van der Waals surface area contributed by atoms with Gasteiger partial charge in [0.1, 0.15) is 0 Å². The highest BCUT2D eigenvalue weighted by Gasteiger charge is 2.28. The smallest absolute Gasteiger partial charge is 0.305 e. The molecule has 0 aliphatic carbocycles. The van der Waals surface area contributed by atoms with Gasteiger partial charge in [0.15, 0.2) is 9.84 Å². The van der Waals surface area contributed by atoms with Crippen LogP contribution < -0.4 is 0 Å². The third kappa shape index (κ3) is 4.73. The maximum Gasteiger partial charge on any atom is 0.305 e. The standard InChI is InChI=1S/C16H21NO5S2/c1-2-24(21,22)14-5-3-12(4-6-14)9-15(18)17-7-8-23-11-13(17)10-16(19)20/h3-6,13H,2,7-11H2,1H3,(H,19,20). The molecule has 1 atom stereocenters. The quantitative estimate of drug-likeness (QED) is 0.814. The first kappa shape index (κ1) is 18.8. The van der Waals surface area contributed by atoms with Crippen LogP contribution in [0.2, 0.25) is 0 Å². The molecule has 1 amide bonds. The van der Waals surface area contributed by atoms with Crippen molar-refractivity contribution in [1.29, 1.82) is 0 Å². The van der Waals surface area contributed by atoms with E-state index in [-0.39, 0.29) is 35.4 Å². The Balaban J connectivity index is 2.06. The van der Waals surface area contributed by atoms with Crippen LogP contribution in [-0.2, 0) is 25.8 Å². The van der Waals surface area contributed by atoms with E-state index in [1.807, 2.05) is 0 Å². The zero-order valence-corrected chi connectivity index (χ0v) is 15.1. The zero-order valence-electron chi connectivity index (χ0n) is 13.5. The van der Waals surface area contributed by atoms with Crippen molar-refractivity contribution in [3.05, 3.63) is 29.8 Å². The molecule has 2 rings (SSSR count). The maximum atomic E-state index is 12.5. The third-order valence-electron chi connectivity index (χ3n) is 3.98. The van der Waals surface area contributed by atoms with E-state index in [4.69, 9.17) is 5.11 Å². The van der Waals surface area contributed by atoms with Crippen LogP contribution in [0.25, 0.3) is 0 Å². The van der Waals surface area contributed by atoms with E-state index in [2.05, 4.69) is 0 Å². The number of aliphatic carboxylic acids is 1. The minimum atomic E-state index is -3.25. The van der Waals surface area contributed by atoms with Crippen molar-refractivity contribution in [1.82, 2.24) is 4.90 Å². The molecule has 0 saturated carbocycles. The van der Waals surface area contributed by atoms with Gasteiger partial charge in [-0.15, -0.1) is 0 Å².